The predicted octanol–water partition coefficient (Wildman–Crippen LogP) is -2.15. The third-order valence-corrected chi connectivity index (χ3v) is 2.83. The third-order valence-electron chi connectivity index (χ3n) is 2.83. The van der Waals surface area contributed by atoms with E-state index in [2.05, 4.69) is 21.3 Å². The number of nitrogens with one attached hydrogen (secondary N) is 4. The summed E-state index contributed by atoms with van der Waals surface area (Å²) in [6.45, 7) is 4.21. The second kappa shape index (κ2) is 7.70. The Morgan fingerprint density at radius 1 is 1.37 bits per heavy atom. The zero-order valence-electron chi connectivity index (χ0n) is 11.3. The van der Waals surface area contributed by atoms with Crippen molar-refractivity contribution in [1.82, 2.24) is 26.2 Å². The predicted molar refractivity (Wildman–Crippen MR) is 69.5 cm³/mol. The number of carbonyl (C=O) groups excluding carboxylic acids is 3. The summed E-state index contributed by atoms with van der Waals surface area (Å²) in [4.78, 5) is 36.3. The Morgan fingerprint density at radius 3 is 2.74 bits per heavy atom. The van der Waals surface area contributed by atoms with Gasteiger partial charge in [0.25, 0.3) is 0 Å². The molecule has 1 fully saturated rings. The molecule has 0 spiro atoms. The number of hydrogen-bond donors (Lipinski definition) is 4. The van der Waals surface area contributed by atoms with Gasteiger partial charge in [-0.1, -0.05) is 0 Å². The van der Waals surface area contributed by atoms with Crippen molar-refractivity contribution in [1.29, 1.82) is 0 Å². The van der Waals surface area contributed by atoms with Crippen LogP contribution in [-0.4, -0.2) is 68.6 Å². The Morgan fingerprint density at radius 2 is 2.11 bits per heavy atom. The van der Waals surface area contributed by atoms with Crippen LogP contribution in [-0.2, 0) is 9.59 Å². The molecule has 4 amide bonds. The highest BCUT2D eigenvalue weighted by atomic mass is 16.2. The fourth-order valence-corrected chi connectivity index (χ4v) is 1.90. The van der Waals surface area contributed by atoms with Gasteiger partial charge in [0.15, 0.2) is 0 Å². The molecule has 1 aliphatic heterocycles. The van der Waals surface area contributed by atoms with Crippen molar-refractivity contribution in [3.05, 3.63) is 0 Å². The summed E-state index contributed by atoms with van der Waals surface area (Å²) in [5, 5.41) is 10.3. The largest absolute Gasteiger partial charge is 0.355 e. The van der Waals surface area contributed by atoms with Crippen LogP contribution in [0, 0.1) is 0 Å². The van der Waals surface area contributed by atoms with Crippen molar-refractivity contribution in [2.45, 2.75) is 13.0 Å². The van der Waals surface area contributed by atoms with Crippen LogP contribution in [0.4, 0.5) is 4.79 Å². The van der Waals surface area contributed by atoms with Crippen molar-refractivity contribution in [3.8, 4) is 0 Å². The molecule has 108 valence electrons. The van der Waals surface area contributed by atoms with Gasteiger partial charge in [-0.3, -0.25) is 19.8 Å². The summed E-state index contributed by atoms with van der Waals surface area (Å²) in [5.74, 6) is -0.530. The first-order valence-corrected chi connectivity index (χ1v) is 6.32. The lowest BCUT2D eigenvalue weighted by atomic mass is 10.1. The summed E-state index contributed by atoms with van der Waals surface area (Å²) < 4.78 is 0. The Labute approximate surface area is 112 Å². The topological polar surface area (TPSA) is 103 Å². The molecule has 0 aromatic heterocycles. The molecule has 0 aliphatic carbocycles. The Balaban J connectivity index is 2.54. The van der Waals surface area contributed by atoms with E-state index in [0.717, 1.165) is 0 Å². The molecule has 4 N–H and O–H groups in total. The molecular formula is C11H21N5O3. The number of nitrogens with zero attached hydrogens (tertiary/aromatic N) is 1. The fraction of sp³-hybridized carbons (Fsp3) is 0.727. The summed E-state index contributed by atoms with van der Waals surface area (Å²) >= 11 is 0. The summed E-state index contributed by atoms with van der Waals surface area (Å²) in [5.41, 5.74) is 0. The molecule has 1 aliphatic rings. The lowest BCUT2D eigenvalue weighted by molar-refractivity contribution is -0.129. The van der Waals surface area contributed by atoms with Crippen LogP contribution in [0.2, 0.25) is 0 Å². The number of likely N-dealkylation sites (N-methyl/N-ethyl adjacent to an activating group) is 1. The van der Waals surface area contributed by atoms with Crippen molar-refractivity contribution < 1.29 is 14.4 Å². The van der Waals surface area contributed by atoms with E-state index in [1.54, 1.807) is 4.90 Å². The zero-order valence-corrected chi connectivity index (χ0v) is 11.3. The number of amides is 4. The van der Waals surface area contributed by atoms with Crippen LogP contribution in [0.1, 0.15) is 6.92 Å². The van der Waals surface area contributed by atoms with Gasteiger partial charge < -0.3 is 16.0 Å². The van der Waals surface area contributed by atoms with Crippen molar-refractivity contribution >= 4 is 17.8 Å². The van der Waals surface area contributed by atoms with Gasteiger partial charge in [0.1, 0.15) is 6.04 Å². The van der Waals surface area contributed by atoms with Crippen LogP contribution in [0.25, 0.3) is 0 Å². The maximum atomic E-state index is 11.9. The van der Waals surface area contributed by atoms with Crippen molar-refractivity contribution in [2.24, 2.45) is 0 Å². The second-order valence-corrected chi connectivity index (χ2v) is 4.21. The van der Waals surface area contributed by atoms with E-state index in [-0.39, 0.29) is 18.5 Å². The number of piperazine rings is 1. The highest BCUT2D eigenvalue weighted by Gasteiger charge is 2.29. The van der Waals surface area contributed by atoms with Gasteiger partial charge in [-0.25, -0.2) is 4.79 Å². The highest BCUT2D eigenvalue weighted by Crippen LogP contribution is 2.03. The minimum atomic E-state index is -0.547. The first-order chi connectivity index (χ1) is 9.08. The molecule has 0 radical (unpaired) electrons. The smallest absolute Gasteiger partial charge is 0.321 e. The highest BCUT2D eigenvalue weighted by molar-refractivity contribution is 5.95. The molecule has 8 heteroatoms. The Bertz CT molecular complexity index is 347. The molecule has 1 heterocycles. The first kappa shape index (κ1) is 15.4. The lowest BCUT2D eigenvalue weighted by Crippen LogP contribution is -2.60. The van der Waals surface area contributed by atoms with Gasteiger partial charge >= 0.3 is 6.03 Å². The number of hydrogen-bond acceptors (Lipinski definition) is 5. The van der Waals surface area contributed by atoms with Crippen LogP contribution in [0.5, 0.6) is 0 Å². The zero-order chi connectivity index (χ0) is 14.3. The molecule has 1 saturated heterocycles. The van der Waals surface area contributed by atoms with E-state index < -0.39 is 11.9 Å². The van der Waals surface area contributed by atoms with E-state index in [1.807, 2.05) is 6.92 Å². The van der Waals surface area contributed by atoms with Gasteiger partial charge in [0.05, 0.1) is 6.54 Å². The monoisotopic (exact) mass is 271 g/mol. The third kappa shape index (κ3) is 4.84. The normalized spacial score (nSPS) is 19.6. The number of urea groups is 1. The van der Waals surface area contributed by atoms with E-state index in [9.17, 15) is 14.4 Å². The number of imide groups is 1. The fourth-order valence-electron chi connectivity index (χ4n) is 1.90. The number of rotatable bonds is 4. The molecular weight excluding hydrogens is 250 g/mol. The van der Waals surface area contributed by atoms with E-state index in [1.165, 1.54) is 7.05 Å². The Hall–Kier alpha value is -1.67. The van der Waals surface area contributed by atoms with Crippen molar-refractivity contribution in [3.63, 3.8) is 0 Å². The molecule has 8 nitrogen and oxygen atoms in total. The van der Waals surface area contributed by atoms with Crippen LogP contribution >= 0.6 is 0 Å². The summed E-state index contributed by atoms with van der Waals surface area (Å²) in [7, 11) is 1.44. The average Bonchev–Trinajstić information content (AvgIpc) is 2.39. The van der Waals surface area contributed by atoms with Crippen LogP contribution < -0.4 is 21.3 Å². The lowest BCUT2D eigenvalue weighted by Gasteiger charge is -2.34. The quantitative estimate of drug-likeness (QED) is 0.467. The van der Waals surface area contributed by atoms with Gasteiger partial charge in [-0.05, 0) is 6.92 Å². The molecule has 0 aromatic carbocycles. The van der Waals surface area contributed by atoms with Crippen LogP contribution in [0.3, 0.4) is 0 Å². The number of carbonyl (C=O) groups is 3. The molecule has 0 saturated carbocycles. The molecule has 1 rings (SSSR count). The second-order valence-electron chi connectivity index (χ2n) is 4.21. The van der Waals surface area contributed by atoms with Gasteiger partial charge in [-0.15, -0.1) is 0 Å². The minimum absolute atomic E-state index is 0.0247. The summed E-state index contributed by atoms with van der Waals surface area (Å²) in [6.07, 6.45) is 0. The maximum absolute atomic E-state index is 11.9. The van der Waals surface area contributed by atoms with Gasteiger partial charge in [-0.2, -0.15) is 0 Å². The first-order valence-electron chi connectivity index (χ1n) is 6.32. The maximum Gasteiger partial charge on any atom is 0.321 e. The van der Waals surface area contributed by atoms with E-state index in [4.69, 9.17) is 0 Å². The molecule has 1 atom stereocenters. The van der Waals surface area contributed by atoms with E-state index >= 15 is 0 Å². The Kier molecular flexibility index (Phi) is 6.23. The molecule has 0 aromatic rings. The summed E-state index contributed by atoms with van der Waals surface area (Å²) in [6, 6.07) is -0.932. The average molecular weight is 271 g/mol. The van der Waals surface area contributed by atoms with Crippen molar-refractivity contribution in [2.75, 3.05) is 39.8 Å². The molecule has 1 unspecified atom stereocenters. The van der Waals surface area contributed by atoms with Gasteiger partial charge in [0.2, 0.25) is 11.8 Å². The SMILES string of the molecule is CCNC(=O)C1CNCCN1CC(=O)NC(=O)NC. The minimum Gasteiger partial charge on any atom is -0.355 e. The van der Waals surface area contributed by atoms with Gasteiger partial charge in [0, 0.05) is 33.2 Å². The van der Waals surface area contributed by atoms with Crippen LogP contribution in [0.15, 0.2) is 0 Å². The standard InChI is InChI=1S/C11H21N5O3/c1-3-14-10(18)8-6-13-4-5-16(8)7-9(17)15-11(19)12-2/h8,13H,3-7H2,1-2H3,(H,14,18)(H2,12,15,17,19). The van der Waals surface area contributed by atoms with E-state index in [0.29, 0.717) is 26.2 Å². The molecule has 19 heavy (non-hydrogen) atoms. The molecule has 0 bridgehead atoms.